The summed E-state index contributed by atoms with van der Waals surface area (Å²) in [6.07, 6.45) is 10.6. The lowest BCUT2D eigenvalue weighted by Gasteiger charge is -2.33. The molecule has 0 spiro atoms. The molecule has 1 aliphatic carbocycles. The molecule has 228 valence electrons. The van der Waals surface area contributed by atoms with Crippen LogP contribution in [0.5, 0.6) is 0 Å². The first-order chi connectivity index (χ1) is 20.8. The summed E-state index contributed by atoms with van der Waals surface area (Å²) in [7, 11) is 1.01. The van der Waals surface area contributed by atoms with E-state index in [9.17, 15) is 0 Å². The molecule has 2 fully saturated rings. The zero-order valence-corrected chi connectivity index (χ0v) is 27.6. The van der Waals surface area contributed by atoms with Gasteiger partial charge < -0.3 is 25.2 Å². The zero-order chi connectivity index (χ0) is 29.8. The van der Waals surface area contributed by atoms with E-state index in [1.165, 1.54) is 25.7 Å². The second kappa shape index (κ2) is 13.2. The van der Waals surface area contributed by atoms with Crippen molar-refractivity contribution in [2.75, 3.05) is 62.1 Å². The third kappa shape index (κ3) is 7.67. The van der Waals surface area contributed by atoms with Gasteiger partial charge >= 0.3 is 0 Å². The Labute approximate surface area is 259 Å². The third-order valence-electron chi connectivity index (χ3n) is 8.26. The molecule has 1 aliphatic heterocycles. The van der Waals surface area contributed by atoms with Crippen molar-refractivity contribution in [3.8, 4) is 10.6 Å². The number of piperazine rings is 1. The molecule has 6 rings (SSSR count). The molecule has 5 heterocycles. The van der Waals surface area contributed by atoms with Crippen LogP contribution < -0.4 is 15.5 Å². The Morgan fingerprint density at radius 3 is 2.53 bits per heavy atom. The Hall–Kier alpha value is -3.19. The number of hydrogen-bond donors (Lipinski definition) is 2. The van der Waals surface area contributed by atoms with Crippen molar-refractivity contribution in [2.45, 2.75) is 57.3 Å². The average molecular weight is 618 g/mol. The first-order valence-corrected chi connectivity index (χ1v) is 19.9. The molecule has 4 aromatic rings. The summed E-state index contributed by atoms with van der Waals surface area (Å²) in [6, 6.07) is 7.39. The molecule has 0 aromatic carbocycles. The molecule has 4 aromatic heterocycles. The van der Waals surface area contributed by atoms with E-state index in [1.54, 1.807) is 11.3 Å². The summed E-state index contributed by atoms with van der Waals surface area (Å²) < 4.78 is 5.98. The maximum Gasteiger partial charge on any atom is 0.151 e. The molecule has 0 atom stereocenters. The molecule has 0 unspecified atom stereocenters. The number of fused-ring (bicyclic) bond motifs is 1. The van der Waals surface area contributed by atoms with Gasteiger partial charge in [-0.15, -0.1) is 10.2 Å². The Kier molecular flexibility index (Phi) is 9.17. The van der Waals surface area contributed by atoms with E-state index < -0.39 is 8.07 Å². The summed E-state index contributed by atoms with van der Waals surface area (Å²) in [4.78, 5) is 19.1. The van der Waals surface area contributed by atoms with E-state index in [4.69, 9.17) is 14.7 Å². The number of hydrogen-bond acceptors (Lipinski definition) is 11. The Morgan fingerprint density at radius 2 is 1.74 bits per heavy atom. The molecule has 43 heavy (non-hydrogen) atoms. The van der Waals surface area contributed by atoms with Crippen molar-refractivity contribution < 1.29 is 4.74 Å². The number of nitrogens with one attached hydrogen (secondary N) is 2. The highest BCUT2D eigenvalue weighted by atomic mass is 32.1. The monoisotopic (exact) mass is 617 g/mol. The van der Waals surface area contributed by atoms with Crippen LogP contribution in [0, 0.1) is 0 Å². The quantitative estimate of drug-likeness (QED) is 0.111. The standard InChI is InChI=1S/C31H43N9OSSi/c1-39-9-11-40(12-10-39)25-15-23(18-32-20-25)35-24-16-28-27(33-19-24)17-26(29(36-28)34-21-41-13-14-43(2,3)4)31-38-37-30(42-31)22-7-5-6-8-22/h15-20,22,35H,5-14,21H2,1-4H3,(H,34,36). The van der Waals surface area contributed by atoms with Crippen LogP contribution in [-0.4, -0.2) is 84.7 Å². The molecule has 0 radical (unpaired) electrons. The second-order valence-corrected chi connectivity index (χ2v) is 19.6. The van der Waals surface area contributed by atoms with Crippen molar-refractivity contribution in [1.29, 1.82) is 0 Å². The Bertz CT molecular complexity index is 1530. The van der Waals surface area contributed by atoms with Crippen LogP contribution in [0.4, 0.5) is 22.9 Å². The van der Waals surface area contributed by atoms with Gasteiger partial charge in [0.1, 0.15) is 17.6 Å². The van der Waals surface area contributed by atoms with Gasteiger partial charge in [-0.2, -0.15) is 0 Å². The minimum Gasteiger partial charge on any atom is -0.368 e. The van der Waals surface area contributed by atoms with Gasteiger partial charge in [0.05, 0.1) is 52.2 Å². The van der Waals surface area contributed by atoms with Crippen molar-refractivity contribution in [2.24, 2.45) is 0 Å². The highest BCUT2D eigenvalue weighted by Crippen LogP contribution is 2.39. The molecule has 2 aliphatic rings. The number of anilines is 4. The fourth-order valence-corrected chi connectivity index (χ4v) is 7.35. The largest absolute Gasteiger partial charge is 0.368 e. The van der Waals surface area contributed by atoms with E-state index in [2.05, 4.69) is 74.4 Å². The van der Waals surface area contributed by atoms with Crippen LogP contribution in [0.2, 0.25) is 25.7 Å². The highest BCUT2D eigenvalue weighted by Gasteiger charge is 2.23. The van der Waals surface area contributed by atoms with E-state index >= 15 is 0 Å². The smallest absolute Gasteiger partial charge is 0.151 e. The van der Waals surface area contributed by atoms with Crippen molar-refractivity contribution in [1.82, 2.24) is 30.0 Å². The van der Waals surface area contributed by atoms with Gasteiger partial charge in [0.2, 0.25) is 0 Å². The topological polar surface area (TPSA) is 104 Å². The van der Waals surface area contributed by atoms with Gasteiger partial charge in [-0.25, -0.2) is 4.98 Å². The molecular weight excluding hydrogens is 575 g/mol. The average Bonchev–Trinajstić information content (AvgIpc) is 3.69. The molecule has 12 heteroatoms. The summed E-state index contributed by atoms with van der Waals surface area (Å²) in [5.41, 5.74) is 5.44. The fraction of sp³-hybridized carbons (Fsp3) is 0.516. The number of pyridine rings is 3. The predicted molar refractivity (Wildman–Crippen MR) is 179 cm³/mol. The maximum atomic E-state index is 5.98. The number of aromatic nitrogens is 5. The van der Waals surface area contributed by atoms with Gasteiger partial charge in [0.25, 0.3) is 0 Å². The van der Waals surface area contributed by atoms with E-state index in [0.29, 0.717) is 12.6 Å². The number of rotatable bonds is 11. The number of likely N-dealkylation sites (N-methyl/N-ethyl adjacent to an activating group) is 1. The van der Waals surface area contributed by atoms with Crippen LogP contribution in [0.15, 0.2) is 36.8 Å². The van der Waals surface area contributed by atoms with E-state index in [1.807, 2.05) is 24.7 Å². The van der Waals surface area contributed by atoms with Crippen LogP contribution in [0.3, 0.4) is 0 Å². The lowest BCUT2D eigenvalue weighted by molar-refractivity contribution is 0.165. The van der Waals surface area contributed by atoms with Crippen LogP contribution in [-0.2, 0) is 4.74 Å². The molecular formula is C31H43N9OSSi. The fourth-order valence-electron chi connectivity index (χ4n) is 5.57. The van der Waals surface area contributed by atoms with Gasteiger partial charge in [-0.3, -0.25) is 9.97 Å². The molecule has 1 saturated carbocycles. The SMILES string of the molecule is CN1CCN(c2cncc(Nc3cnc4cc(-c5nnc(C6CCCC6)s5)c(NCOCC[Si](C)(C)C)nc4c3)c2)CC1. The second-order valence-electron chi connectivity index (χ2n) is 13.0. The minimum absolute atomic E-state index is 0.389. The molecule has 10 nitrogen and oxygen atoms in total. The van der Waals surface area contributed by atoms with Crippen molar-refractivity contribution in [3.63, 3.8) is 0 Å². The summed E-state index contributed by atoms with van der Waals surface area (Å²) in [5.74, 6) is 1.27. The molecule has 1 saturated heterocycles. The molecule has 2 N–H and O–H groups in total. The Balaban J connectivity index is 1.24. The van der Waals surface area contributed by atoms with Gasteiger partial charge in [0, 0.05) is 46.8 Å². The van der Waals surface area contributed by atoms with Gasteiger partial charge in [-0.05, 0) is 44.1 Å². The summed E-state index contributed by atoms with van der Waals surface area (Å²) in [6.45, 7) is 12.3. The lowest BCUT2D eigenvalue weighted by atomic mass is 10.1. The normalized spacial score (nSPS) is 16.7. The third-order valence-corrected chi connectivity index (χ3v) is 11.1. The van der Waals surface area contributed by atoms with E-state index in [0.717, 1.165) is 88.3 Å². The number of ether oxygens (including phenoxy) is 1. The molecule has 0 bridgehead atoms. The minimum atomic E-state index is -1.16. The van der Waals surface area contributed by atoms with Gasteiger partial charge in [-0.1, -0.05) is 43.8 Å². The van der Waals surface area contributed by atoms with Gasteiger partial charge in [0.15, 0.2) is 5.01 Å². The maximum absolute atomic E-state index is 5.98. The predicted octanol–water partition coefficient (Wildman–Crippen LogP) is 6.42. The highest BCUT2D eigenvalue weighted by molar-refractivity contribution is 7.14. The molecule has 0 amide bonds. The summed E-state index contributed by atoms with van der Waals surface area (Å²) in [5, 5.41) is 18.1. The first-order valence-electron chi connectivity index (χ1n) is 15.4. The number of nitrogens with zero attached hydrogens (tertiary/aromatic N) is 7. The Morgan fingerprint density at radius 1 is 0.953 bits per heavy atom. The van der Waals surface area contributed by atoms with Crippen LogP contribution in [0.1, 0.15) is 36.6 Å². The first kappa shape index (κ1) is 29.9. The van der Waals surface area contributed by atoms with E-state index in [-0.39, 0.29) is 0 Å². The van der Waals surface area contributed by atoms with Crippen LogP contribution in [0.25, 0.3) is 21.6 Å². The lowest BCUT2D eigenvalue weighted by Crippen LogP contribution is -2.44. The summed E-state index contributed by atoms with van der Waals surface area (Å²) >= 11 is 1.68. The zero-order valence-electron chi connectivity index (χ0n) is 25.8. The van der Waals surface area contributed by atoms with Crippen LogP contribution >= 0.6 is 11.3 Å². The van der Waals surface area contributed by atoms with Crippen molar-refractivity contribution in [3.05, 3.63) is 41.8 Å². The van der Waals surface area contributed by atoms with Crippen molar-refractivity contribution >= 4 is 53.3 Å².